The molecule has 1 amide bonds. The van der Waals surface area contributed by atoms with Gasteiger partial charge >= 0.3 is 0 Å². The van der Waals surface area contributed by atoms with E-state index < -0.39 is 0 Å². The summed E-state index contributed by atoms with van der Waals surface area (Å²) in [5, 5.41) is 16.5. The van der Waals surface area contributed by atoms with E-state index in [1.807, 2.05) is 59.9 Å². The maximum atomic E-state index is 11.4. The molecule has 0 radical (unpaired) electrons. The first kappa shape index (κ1) is 22.2. The molecular weight excluding hydrogens is 434 g/mol. The number of aromatic nitrogens is 2. The number of nitriles is 1. The van der Waals surface area contributed by atoms with Gasteiger partial charge in [0.2, 0.25) is 5.91 Å². The predicted molar refractivity (Wildman–Crippen MR) is 140 cm³/mol. The monoisotopic (exact) mass is 459 g/mol. The molecule has 0 aliphatic heterocycles. The number of nitrogens with zero attached hydrogens (tertiary/aromatic N) is 3. The van der Waals surface area contributed by atoms with E-state index in [2.05, 4.69) is 47.9 Å². The first-order valence-electron chi connectivity index (χ1n) is 11.5. The Kier molecular flexibility index (Phi) is 5.68. The highest BCUT2D eigenvalue weighted by Crippen LogP contribution is 2.34. The Labute approximate surface area is 203 Å². The molecule has 35 heavy (non-hydrogen) atoms. The smallest absolute Gasteiger partial charge is 0.221 e. The molecule has 3 aromatic carbocycles. The van der Waals surface area contributed by atoms with Crippen LogP contribution in [0.15, 0.2) is 72.8 Å². The number of aryl methyl sites for hydroxylation is 1. The Morgan fingerprint density at radius 2 is 1.66 bits per heavy atom. The number of benzene rings is 3. The molecule has 2 aromatic heterocycles. The number of para-hydroxylation sites is 2. The van der Waals surface area contributed by atoms with Crippen molar-refractivity contribution in [2.24, 2.45) is 0 Å². The van der Waals surface area contributed by atoms with Crippen molar-refractivity contribution in [1.29, 1.82) is 5.26 Å². The van der Waals surface area contributed by atoms with E-state index in [0.717, 1.165) is 44.9 Å². The lowest BCUT2D eigenvalue weighted by Gasteiger charge is -2.19. The van der Waals surface area contributed by atoms with Gasteiger partial charge in [0.25, 0.3) is 0 Å². The third-order valence-electron chi connectivity index (χ3n) is 6.20. The number of carbonyl (C=O) groups excluding carboxylic acids is 1. The molecule has 6 nitrogen and oxygen atoms in total. The molecule has 6 heteroatoms. The fraction of sp³-hybridized carbons (Fsp3) is 0.138. The Morgan fingerprint density at radius 3 is 2.34 bits per heavy atom. The molecule has 0 aliphatic carbocycles. The second kappa shape index (κ2) is 8.96. The van der Waals surface area contributed by atoms with Gasteiger partial charge in [0.1, 0.15) is 11.9 Å². The molecular formula is C29H25N5O. The van der Waals surface area contributed by atoms with Crippen LogP contribution in [0.5, 0.6) is 0 Å². The van der Waals surface area contributed by atoms with Crippen LogP contribution in [0.4, 0.5) is 17.2 Å². The van der Waals surface area contributed by atoms with E-state index in [1.54, 1.807) is 0 Å². The van der Waals surface area contributed by atoms with Crippen LogP contribution < -0.4 is 10.6 Å². The van der Waals surface area contributed by atoms with Crippen molar-refractivity contribution in [1.82, 2.24) is 9.38 Å². The molecule has 2 heterocycles. The minimum absolute atomic E-state index is 0.111. The number of fused-ring (bicyclic) bond motifs is 3. The summed E-state index contributed by atoms with van der Waals surface area (Å²) in [6.07, 6.45) is 0.662. The zero-order valence-electron chi connectivity index (χ0n) is 19.9. The van der Waals surface area contributed by atoms with E-state index in [-0.39, 0.29) is 5.91 Å². The third-order valence-corrected chi connectivity index (χ3v) is 6.20. The highest BCUT2D eigenvalue weighted by molar-refractivity contribution is 5.89. The number of hydrogen-bond acceptors (Lipinski definition) is 4. The van der Waals surface area contributed by atoms with Gasteiger partial charge in [-0.1, -0.05) is 42.0 Å². The maximum Gasteiger partial charge on any atom is 0.221 e. The Bertz CT molecular complexity index is 1610. The summed E-state index contributed by atoms with van der Waals surface area (Å²) in [6, 6.07) is 26.4. The van der Waals surface area contributed by atoms with Gasteiger partial charge in [0.05, 0.1) is 16.6 Å². The minimum Gasteiger partial charge on any atom is -0.341 e. The molecule has 0 saturated carbocycles. The lowest BCUT2D eigenvalue weighted by molar-refractivity contribution is -0.114. The van der Waals surface area contributed by atoms with Gasteiger partial charge in [-0.15, -0.1) is 0 Å². The minimum atomic E-state index is -0.111. The summed E-state index contributed by atoms with van der Waals surface area (Å²) in [5.41, 5.74) is 8.89. The van der Waals surface area contributed by atoms with Crippen molar-refractivity contribution in [2.75, 3.05) is 10.6 Å². The average molecular weight is 460 g/mol. The maximum absolute atomic E-state index is 11.4. The summed E-state index contributed by atoms with van der Waals surface area (Å²) in [7, 11) is 0. The number of anilines is 3. The fourth-order valence-electron chi connectivity index (χ4n) is 4.42. The first-order valence-corrected chi connectivity index (χ1v) is 11.5. The van der Waals surface area contributed by atoms with Crippen LogP contribution >= 0.6 is 0 Å². The number of rotatable bonds is 5. The van der Waals surface area contributed by atoms with Gasteiger partial charge in [-0.05, 0) is 61.4 Å². The Hall–Kier alpha value is -4.63. The normalized spacial score (nSPS) is 10.9. The van der Waals surface area contributed by atoms with Crippen LogP contribution in [0.3, 0.4) is 0 Å². The van der Waals surface area contributed by atoms with Crippen LogP contribution in [-0.4, -0.2) is 15.3 Å². The van der Waals surface area contributed by atoms with Gasteiger partial charge in [0.15, 0.2) is 5.65 Å². The van der Waals surface area contributed by atoms with Crippen molar-refractivity contribution in [3.63, 3.8) is 0 Å². The topological polar surface area (TPSA) is 82.2 Å². The van der Waals surface area contributed by atoms with Gasteiger partial charge in [-0.3, -0.25) is 9.20 Å². The highest BCUT2D eigenvalue weighted by atomic mass is 16.1. The summed E-state index contributed by atoms with van der Waals surface area (Å²) in [5.74, 6) is 0.762. The van der Waals surface area contributed by atoms with Crippen molar-refractivity contribution in [2.45, 2.75) is 27.2 Å². The molecule has 0 bridgehead atoms. The predicted octanol–water partition coefficient (Wildman–Crippen LogP) is 6.27. The van der Waals surface area contributed by atoms with Crippen molar-refractivity contribution >= 4 is 39.8 Å². The zero-order chi connectivity index (χ0) is 24.5. The lowest BCUT2D eigenvalue weighted by atomic mass is 9.97. The summed E-state index contributed by atoms with van der Waals surface area (Å²) in [4.78, 5) is 16.2. The van der Waals surface area contributed by atoms with Crippen molar-refractivity contribution in [3.05, 3.63) is 101 Å². The highest BCUT2D eigenvalue weighted by Gasteiger charge is 2.21. The molecule has 2 N–H and O–H groups in total. The van der Waals surface area contributed by atoms with Crippen LogP contribution in [0.25, 0.3) is 16.7 Å². The van der Waals surface area contributed by atoms with E-state index >= 15 is 0 Å². The van der Waals surface area contributed by atoms with E-state index in [9.17, 15) is 10.1 Å². The standard InChI is InChI=1S/C29H25N5O/c1-18-8-10-21(11-9-18)16-24-19(2)25(17-30)29-33-26-6-4-5-7-27(26)34(29)28(24)32-23-14-12-22(13-15-23)31-20(3)35/h4-15,32H,16H2,1-3H3,(H,31,35). The third kappa shape index (κ3) is 4.20. The van der Waals surface area contributed by atoms with Crippen molar-refractivity contribution in [3.8, 4) is 6.07 Å². The molecule has 0 aliphatic rings. The van der Waals surface area contributed by atoms with Crippen LogP contribution in [0.2, 0.25) is 0 Å². The van der Waals surface area contributed by atoms with Gasteiger partial charge in [0, 0.05) is 30.3 Å². The molecule has 0 fully saturated rings. The number of pyridine rings is 1. The quantitative estimate of drug-likeness (QED) is 0.325. The molecule has 0 atom stereocenters. The molecule has 172 valence electrons. The Balaban J connectivity index is 1.73. The molecule has 5 aromatic rings. The number of nitrogens with one attached hydrogen (secondary N) is 2. The van der Waals surface area contributed by atoms with Gasteiger partial charge in [-0.25, -0.2) is 4.98 Å². The number of amides is 1. The second-order valence-corrected chi connectivity index (χ2v) is 8.74. The number of imidazole rings is 1. The van der Waals surface area contributed by atoms with Gasteiger partial charge < -0.3 is 10.6 Å². The molecule has 0 saturated heterocycles. The van der Waals surface area contributed by atoms with Crippen LogP contribution in [0, 0.1) is 25.2 Å². The zero-order valence-corrected chi connectivity index (χ0v) is 19.9. The number of hydrogen-bond donors (Lipinski definition) is 2. The molecule has 5 rings (SSSR count). The van der Waals surface area contributed by atoms with E-state index in [4.69, 9.17) is 4.98 Å². The average Bonchev–Trinajstić information content (AvgIpc) is 3.23. The molecule has 0 unspecified atom stereocenters. The number of carbonyl (C=O) groups is 1. The summed E-state index contributed by atoms with van der Waals surface area (Å²) >= 11 is 0. The van der Waals surface area contributed by atoms with Crippen LogP contribution in [-0.2, 0) is 11.2 Å². The lowest BCUT2D eigenvalue weighted by Crippen LogP contribution is -2.09. The summed E-state index contributed by atoms with van der Waals surface area (Å²) in [6.45, 7) is 5.56. The van der Waals surface area contributed by atoms with E-state index in [0.29, 0.717) is 17.6 Å². The van der Waals surface area contributed by atoms with Crippen LogP contribution in [0.1, 0.15) is 34.7 Å². The SMILES string of the molecule is CC(=O)Nc1ccc(Nc2c(Cc3ccc(C)cc3)c(C)c(C#N)c3nc4ccccc4n23)cc1. The van der Waals surface area contributed by atoms with Crippen molar-refractivity contribution < 1.29 is 4.79 Å². The first-order chi connectivity index (χ1) is 16.9. The fourth-order valence-corrected chi connectivity index (χ4v) is 4.42. The summed E-state index contributed by atoms with van der Waals surface area (Å²) < 4.78 is 2.05. The van der Waals surface area contributed by atoms with Gasteiger partial charge in [-0.2, -0.15) is 5.26 Å². The Morgan fingerprint density at radius 1 is 0.971 bits per heavy atom. The largest absolute Gasteiger partial charge is 0.341 e. The van der Waals surface area contributed by atoms with E-state index in [1.165, 1.54) is 12.5 Å². The second-order valence-electron chi connectivity index (χ2n) is 8.74. The molecule has 0 spiro atoms.